The third kappa shape index (κ3) is 4.21. The first kappa shape index (κ1) is 21.2. The highest BCUT2D eigenvalue weighted by atomic mass is 35.5. The Labute approximate surface area is 178 Å². The molecule has 2 fully saturated rings. The SMILES string of the molecule is CN1CCC(NC(=O)C2CN(c3ccc(Cl)c4ncccc34)C[C@H]2C(F)(F)F)CC1. The van der Waals surface area contributed by atoms with Crippen LogP contribution in [0.15, 0.2) is 30.5 Å². The molecule has 0 radical (unpaired) electrons. The van der Waals surface area contributed by atoms with Crippen molar-refractivity contribution in [2.45, 2.75) is 25.1 Å². The molecular weight excluding hydrogens is 417 g/mol. The highest BCUT2D eigenvalue weighted by Gasteiger charge is 2.52. The second kappa shape index (κ2) is 8.23. The lowest BCUT2D eigenvalue weighted by Crippen LogP contribution is -2.48. The van der Waals surface area contributed by atoms with E-state index in [0.717, 1.165) is 25.9 Å². The van der Waals surface area contributed by atoms with Crippen molar-refractivity contribution < 1.29 is 18.0 Å². The van der Waals surface area contributed by atoms with E-state index in [2.05, 4.69) is 15.2 Å². The Hall–Kier alpha value is -2.06. The molecule has 162 valence electrons. The smallest absolute Gasteiger partial charge is 0.370 e. The molecule has 2 saturated heterocycles. The summed E-state index contributed by atoms with van der Waals surface area (Å²) in [6.45, 7) is 1.40. The maximum Gasteiger partial charge on any atom is 0.394 e. The summed E-state index contributed by atoms with van der Waals surface area (Å²) in [7, 11) is 2.00. The van der Waals surface area contributed by atoms with Gasteiger partial charge in [0.1, 0.15) is 0 Å². The molecule has 0 aliphatic carbocycles. The van der Waals surface area contributed by atoms with Gasteiger partial charge in [-0.25, -0.2) is 0 Å². The Kier molecular flexibility index (Phi) is 5.81. The molecule has 2 aromatic rings. The second-order valence-corrected chi connectivity index (χ2v) is 8.62. The molecule has 1 amide bonds. The predicted molar refractivity (Wildman–Crippen MR) is 111 cm³/mol. The van der Waals surface area contributed by atoms with Crippen molar-refractivity contribution >= 4 is 34.1 Å². The van der Waals surface area contributed by atoms with Crippen LogP contribution in [-0.4, -0.2) is 61.2 Å². The Balaban J connectivity index is 1.58. The van der Waals surface area contributed by atoms with Crippen LogP contribution in [0.25, 0.3) is 10.9 Å². The third-order valence-electron chi connectivity index (χ3n) is 6.18. The molecule has 2 aliphatic rings. The van der Waals surface area contributed by atoms with Crippen molar-refractivity contribution in [2.75, 3.05) is 38.1 Å². The molecule has 0 bridgehead atoms. The van der Waals surface area contributed by atoms with Gasteiger partial charge in [-0.2, -0.15) is 13.2 Å². The zero-order valence-corrected chi connectivity index (χ0v) is 17.4. The number of aromatic nitrogens is 1. The largest absolute Gasteiger partial charge is 0.394 e. The summed E-state index contributed by atoms with van der Waals surface area (Å²) in [5, 5.41) is 4.00. The number of amides is 1. The average Bonchev–Trinajstić information content (AvgIpc) is 3.16. The standard InChI is InChI=1S/C21H24ClF3N4O/c1-28-9-6-13(7-10-28)27-20(30)15-11-29(12-16(15)21(23,24)25)18-5-4-17(22)19-14(18)3-2-8-26-19/h2-5,8,13,15-16H,6-7,9-12H2,1H3,(H,27,30)/t15?,16-/m1/s1. The van der Waals surface area contributed by atoms with Gasteiger partial charge in [-0.05, 0) is 57.2 Å². The molecule has 1 unspecified atom stereocenters. The van der Waals surface area contributed by atoms with Gasteiger partial charge in [0.25, 0.3) is 0 Å². The molecule has 4 rings (SSSR count). The van der Waals surface area contributed by atoms with Crippen molar-refractivity contribution in [3.8, 4) is 0 Å². The Bertz CT molecular complexity index is 930. The van der Waals surface area contributed by atoms with Crippen LogP contribution in [0.2, 0.25) is 5.02 Å². The summed E-state index contributed by atoms with van der Waals surface area (Å²) < 4.78 is 41.5. The molecule has 2 atom stereocenters. The van der Waals surface area contributed by atoms with Crippen molar-refractivity contribution in [3.63, 3.8) is 0 Å². The quantitative estimate of drug-likeness (QED) is 0.790. The third-order valence-corrected chi connectivity index (χ3v) is 6.49. The molecule has 30 heavy (non-hydrogen) atoms. The Morgan fingerprint density at radius 2 is 1.93 bits per heavy atom. The van der Waals surface area contributed by atoms with Gasteiger partial charge in [0.05, 0.1) is 22.4 Å². The van der Waals surface area contributed by atoms with E-state index in [-0.39, 0.29) is 19.1 Å². The van der Waals surface area contributed by atoms with Crippen LogP contribution in [0.1, 0.15) is 12.8 Å². The first-order chi connectivity index (χ1) is 14.2. The van der Waals surface area contributed by atoms with Crippen LogP contribution in [0.5, 0.6) is 0 Å². The van der Waals surface area contributed by atoms with E-state index < -0.39 is 23.9 Å². The van der Waals surface area contributed by atoms with Gasteiger partial charge < -0.3 is 15.1 Å². The second-order valence-electron chi connectivity index (χ2n) is 8.21. The fourth-order valence-electron chi connectivity index (χ4n) is 4.46. The molecule has 3 heterocycles. The van der Waals surface area contributed by atoms with Crippen LogP contribution in [0.4, 0.5) is 18.9 Å². The zero-order valence-electron chi connectivity index (χ0n) is 16.6. The van der Waals surface area contributed by atoms with E-state index in [4.69, 9.17) is 11.6 Å². The lowest BCUT2D eigenvalue weighted by molar-refractivity contribution is -0.182. The fraction of sp³-hybridized carbons (Fsp3) is 0.524. The monoisotopic (exact) mass is 440 g/mol. The van der Waals surface area contributed by atoms with E-state index in [9.17, 15) is 18.0 Å². The molecule has 2 aliphatic heterocycles. The maximum atomic E-state index is 13.8. The molecule has 1 N–H and O–H groups in total. The van der Waals surface area contributed by atoms with Crippen LogP contribution in [0.3, 0.4) is 0 Å². The van der Waals surface area contributed by atoms with Gasteiger partial charge in [-0.15, -0.1) is 0 Å². The zero-order chi connectivity index (χ0) is 21.5. The fourth-order valence-corrected chi connectivity index (χ4v) is 4.67. The normalized spacial score (nSPS) is 23.8. The van der Waals surface area contributed by atoms with Crippen molar-refractivity contribution in [1.29, 1.82) is 0 Å². The van der Waals surface area contributed by atoms with E-state index in [0.29, 0.717) is 21.6 Å². The molecular formula is C21H24ClF3N4O. The number of anilines is 1. The predicted octanol–water partition coefficient (Wildman–Crippen LogP) is 3.71. The van der Waals surface area contributed by atoms with Crippen LogP contribution < -0.4 is 10.2 Å². The lowest BCUT2D eigenvalue weighted by Gasteiger charge is -2.31. The number of piperidine rings is 1. The number of halogens is 4. The first-order valence-electron chi connectivity index (χ1n) is 10.1. The van der Waals surface area contributed by atoms with E-state index in [1.807, 2.05) is 7.05 Å². The number of fused-ring (bicyclic) bond motifs is 1. The minimum absolute atomic E-state index is 0.00819. The summed E-state index contributed by atoms with van der Waals surface area (Å²) in [5.74, 6) is -3.37. The Morgan fingerprint density at radius 1 is 1.20 bits per heavy atom. The highest BCUT2D eigenvalue weighted by molar-refractivity contribution is 6.35. The highest BCUT2D eigenvalue weighted by Crippen LogP contribution is 2.41. The number of hydrogen-bond donors (Lipinski definition) is 1. The minimum atomic E-state index is -4.45. The number of hydrogen-bond acceptors (Lipinski definition) is 4. The number of rotatable bonds is 3. The van der Waals surface area contributed by atoms with Crippen LogP contribution >= 0.6 is 11.6 Å². The number of carbonyl (C=O) groups excluding carboxylic acids is 1. The summed E-state index contributed by atoms with van der Waals surface area (Å²) in [6, 6.07) is 6.79. The summed E-state index contributed by atoms with van der Waals surface area (Å²) in [5.41, 5.74) is 1.16. The van der Waals surface area contributed by atoms with Crippen LogP contribution in [-0.2, 0) is 4.79 Å². The molecule has 9 heteroatoms. The average molecular weight is 441 g/mol. The maximum absolute atomic E-state index is 13.8. The molecule has 1 aromatic heterocycles. The molecule has 0 spiro atoms. The van der Waals surface area contributed by atoms with E-state index in [1.54, 1.807) is 35.4 Å². The number of benzene rings is 1. The molecule has 1 aromatic carbocycles. The first-order valence-corrected chi connectivity index (χ1v) is 10.5. The number of nitrogens with one attached hydrogen (secondary N) is 1. The number of pyridine rings is 1. The van der Waals surface area contributed by atoms with Crippen LogP contribution in [0, 0.1) is 11.8 Å². The number of alkyl halides is 3. The van der Waals surface area contributed by atoms with Gasteiger partial charge >= 0.3 is 6.18 Å². The topological polar surface area (TPSA) is 48.5 Å². The van der Waals surface area contributed by atoms with Crippen molar-refractivity contribution in [1.82, 2.24) is 15.2 Å². The molecule has 5 nitrogen and oxygen atoms in total. The van der Waals surface area contributed by atoms with Gasteiger partial charge in [-0.1, -0.05) is 11.6 Å². The van der Waals surface area contributed by atoms with E-state index in [1.165, 1.54) is 0 Å². The van der Waals surface area contributed by atoms with Gasteiger partial charge in [0.15, 0.2) is 0 Å². The van der Waals surface area contributed by atoms with Gasteiger partial charge in [0.2, 0.25) is 5.91 Å². The molecule has 0 saturated carbocycles. The van der Waals surface area contributed by atoms with Crippen molar-refractivity contribution in [3.05, 3.63) is 35.5 Å². The van der Waals surface area contributed by atoms with Gasteiger partial charge in [-0.3, -0.25) is 9.78 Å². The lowest BCUT2D eigenvalue weighted by atomic mass is 9.93. The summed E-state index contributed by atoms with van der Waals surface area (Å²) in [6.07, 6.45) is -1.35. The van der Waals surface area contributed by atoms with Crippen molar-refractivity contribution in [2.24, 2.45) is 11.8 Å². The summed E-state index contributed by atoms with van der Waals surface area (Å²) in [4.78, 5) is 20.9. The minimum Gasteiger partial charge on any atom is -0.370 e. The number of nitrogens with zero attached hydrogens (tertiary/aromatic N) is 3. The summed E-state index contributed by atoms with van der Waals surface area (Å²) >= 11 is 6.21. The number of carbonyl (C=O) groups is 1. The van der Waals surface area contributed by atoms with E-state index >= 15 is 0 Å². The number of likely N-dealkylation sites (tertiary alicyclic amines) is 1. The Morgan fingerprint density at radius 3 is 2.63 bits per heavy atom. The van der Waals surface area contributed by atoms with Gasteiger partial charge in [0, 0.05) is 36.4 Å².